The van der Waals surface area contributed by atoms with Crippen molar-refractivity contribution >= 4 is 23.2 Å². The van der Waals surface area contributed by atoms with Crippen LogP contribution in [0.3, 0.4) is 0 Å². The van der Waals surface area contributed by atoms with Crippen molar-refractivity contribution in [2.24, 2.45) is 0 Å². The van der Waals surface area contributed by atoms with Gasteiger partial charge in [-0.2, -0.15) is 5.26 Å². The highest BCUT2D eigenvalue weighted by Gasteiger charge is 2.31. The number of rotatable bonds is 14. The third-order valence-corrected chi connectivity index (χ3v) is 5.55. The number of alkyl halides is 3. The van der Waals surface area contributed by atoms with Crippen LogP contribution in [0.15, 0.2) is 29.6 Å². The van der Waals surface area contributed by atoms with Gasteiger partial charge in [0.2, 0.25) is 0 Å². The molecule has 8 nitrogen and oxygen atoms in total. The van der Waals surface area contributed by atoms with Crippen LogP contribution in [-0.2, 0) is 11.3 Å². The van der Waals surface area contributed by atoms with E-state index < -0.39 is 18.0 Å². The zero-order chi connectivity index (χ0) is 25.7. The first-order chi connectivity index (χ1) is 16.7. The standard InChI is InChI=1S/C23H27F3N4O4S/c1-2-3-4-5-12-30(13-6-11-27)22(32)19-16-35-21(29-19)14-28-20(31)15-33-17-7-9-18(10-8-17)34-23(24,25)26/h7-10,16H,2-6,12-15H2,1H3,(H,28,31). The molecule has 0 aliphatic carbocycles. The highest BCUT2D eigenvalue weighted by Crippen LogP contribution is 2.24. The molecule has 0 radical (unpaired) electrons. The van der Waals surface area contributed by atoms with E-state index in [-0.39, 0.29) is 36.9 Å². The average molecular weight is 513 g/mol. The molecular formula is C23H27F3N4O4S. The van der Waals surface area contributed by atoms with Gasteiger partial charge in [0.05, 0.1) is 19.0 Å². The lowest BCUT2D eigenvalue weighted by Gasteiger charge is -2.20. The highest BCUT2D eigenvalue weighted by molar-refractivity contribution is 7.09. The van der Waals surface area contributed by atoms with Gasteiger partial charge in [0.1, 0.15) is 22.2 Å². The molecule has 1 aromatic heterocycles. The van der Waals surface area contributed by atoms with E-state index in [1.807, 2.05) is 0 Å². The molecule has 2 amide bonds. The van der Waals surface area contributed by atoms with Crippen molar-refractivity contribution in [1.29, 1.82) is 5.26 Å². The van der Waals surface area contributed by atoms with Crippen molar-refractivity contribution in [3.63, 3.8) is 0 Å². The summed E-state index contributed by atoms with van der Waals surface area (Å²) in [5.41, 5.74) is 0.269. The Morgan fingerprint density at radius 3 is 2.51 bits per heavy atom. The monoisotopic (exact) mass is 512 g/mol. The van der Waals surface area contributed by atoms with Crippen LogP contribution in [-0.4, -0.2) is 47.8 Å². The molecule has 2 aromatic rings. The molecule has 35 heavy (non-hydrogen) atoms. The summed E-state index contributed by atoms with van der Waals surface area (Å²) in [5, 5.41) is 13.6. The van der Waals surface area contributed by atoms with E-state index in [0.717, 1.165) is 37.8 Å². The summed E-state index contributed by atoms with van der Waals surface area (Å²) < 4.78 is 45.6. The number of nitrogens with zero attached hydrogens (tertiary/aromatic N) is 3. The predicted octanol–water partition coefficient (Wildman–Crippen LogP) is 4.67. The Morgan fingerprint density at radius 1 is 1.14 bits per heavy atom. The third-order valence-electron chi connectivity index (χ3n) is 4.70. The molecule has 1 N–H and O–H groups in total. The maximum Gasteiger partial charge on any atom is 0.573 e. The van der Waals surface area contributed by atoms with Crippen molar-refractivity contribution < 1.29 is 32.2 Å². The Bertz CT molecular complexity index is 990. The van der Waals surface area contributed by atoms with Crippen LogP contribution in [0.1, 0.15) is 54.5 Å². The van der Waals surface area contributed by atoms with Crippen LogP contribution in [0.4, 0.5) is 13.2 Å². The van der Waals surface area contributed by atoms with Crippen molar-refractivity contribution in [2.75, 3.05) is 19.7 Å². The number of thiazole rings is 1. The molecule has 0 bridgehead atoms. The molecule has 0 aliphatic rings. The molecule has 0 saturated carbocycles. The summed E-state index contributed by atoms with van der Waals surface area (Å²) in [6.07, 6.45) is -0.508. The van der Waals surface area contributed by atoms with Crippen molar-refractivity contribution in [3.05, 3.63) is 40.3 Å². The normalized spacial score (nSPS) is 10.9. The van der Waals surface area contributed by atoms with Gasteiger partial charge in [0.15, 0.2) is 6.61 Å². The molecule has 0 unspecified atom stereocenters. The van der Waals surface area contributed by atoms with E-state index in [1.165, 1.54) is 23.5 Å². The van der Waals surface area contributed by atoms with Gasteiger partial charge in [0.25, 0.3) is 11.8 Å². The van der Waals surface area contributed by atoms with Crippen LogP contribution >= 0.6 is 11.3 Å². The number of carbonyl (C=O) groups is 2. The Kier molecular flexibility index (Phi) is 11.3. The Balaban J connectivity index is 1.81. The summed E-state index contributed by atoms with van der Waals surface area (Å²) in [7, 11) is 0. The summed E-state index contributed by atoms with van der Waals surface area (Å²) in [6.45, 7) is 2.74. The lowest BCUT2D eigenvalue weighted by Crippen LogP contribution is -2.33. The van der Waals surface area contributed by atoms with Crippen molar-refractivity contribution in [1.82, 2.24) is 15.2 Å². The summed E-state index contributed by atoms with van der Waals surface area (Å²) >= 11 is 1.23. The number of hydrogen-bond acceptors (Lipinski definition) is 7. The van der Waals surface area contributed by atoms with Crippen LogP contribution < -0.4 is 14.8 Å². The summed E-state index contributed by atoms with van der Waals surface area (Å²) in [5.74, 6) is -0.897. The first-order valence-electron chi connectivity index (χ1n) is 11.1. The fourth-order valence-electron chi connectivity index (χ4n) is 2.99. The quantitative estimate of drug-likeness (QED) is 0.369. The first kappa shape index (κ1) is 27.9. The number of nitriles is 1. The average Bonchev–Trinajstić information content (AvgIpc) is 3.29. The number of hydrogen-bond donors (Lipinski definition) is 1. The predicted molar refractivity (Wildman–Crippen MR) is 123 cm³/mol. The first-order valence-corrected chi connectivity index (χ1v) is 12.0. The topological polar surface area (TPSA) is 105 Å². The molecule has 1 aromatic carbocycles. The zero-order valence-corrected chi connectivity index (χ0v) is 20.1. The zero-order valence-electron chi connectivity index (χ0n) is 19.3. The second kappa shape index (κ2) is 14.2. The van der Waals surface area contributed by atoms with Crippen LogP contribution in [0.25, 0.3) is 0 Å². The van der Waals surface area contributed by atoms with E-state index in [4.69, 9.17) is 10.00 Å². The molecule has 0 fully saturated rings. The number of aromatic nitrogens is 1. The van der Waals surface area contributed by atoms with Crippen molar-refractivity contribution in [2.45, 2.75) is 51.9 Å². The number of nitrogens with one attached hydrogen (secondary N) is 1. The molecule has 1 heterocycles. The molecule has 0 saturated heterocycles. The Hall–Kier alpha value is -3.33. The molecule has 2 rings (SSSR count). The van der Waals surface area contributed by atoms with Gasteiger partial charge in [0, 0.05) is 18.5 Å². The Labute approximate surface area is 205 Å². The number of benzene rings is 1. The fourth-order valence-corrected chi connectivity index (χ4v) is 3.70. The lowest BCUT2D eigenvalue weighted by atomic mass is 10.2. The molecule has 190 valence electrons. The van der Waals surface area contributed by atoms with Crippen molar-refractivity contribution in [3.8, 4) is 17.6 Å². The van der Waals surface area contributed by atoms with E-state index in [2.05, 4.69) is 28.0 Å². The van der Waals surface area contributed by atoms with Gasteiger partial charge < -0.3 is 19.7 Å². The molecule has 12 heteroatoms. The third kappa shape index (κ3) is 10.6. The second-order valence-electron chi connectivity index (χ2n) is 7.47. The fraction of sp³-hybridized carbons (Fsp3) is 0.478. The lowest BCUT2D eigenvalue weighted by molar-refractivity contribution is -0.274. The SMILES string of the molecule is CCCCCCN(CCC#N)C(=O)c1csc(CNC(=O)COc2ccc(OC(F)(F)F)cc2)n1. The van der Waals surface area contributed by atoms with Gasteiger partial charge in [-0.05, 0) is 30.7 Å². The number of carbonyl (C=O) groups excluding carboxylic acids is 2. The van der Waals surface area contributed by atoms with Gasteiger partial charge in [-0.3, -0.25) is 9.59 Å². The maximum absolute atomic E-state index is 12.8. The number of halogens is 3. The smallest absolute Gasteiger partial charge is 0.484 e. The van der Waals surface area contributed by atoms with Crippen LogP contribution in [0.5, 0.6) is 11.5 Å². The van der Waals surface area contributed by atoms with Gasteiger partial charge in [-0.1, -0.05) is 26.2 Å². The van der Waals surface area contributed by atoms with E-state index in [0.29, 0.717) is 18.1 Å². The van der Waals surface area contributed by atoms with Crippen LogP contribution in [0, 0.1) is 11.3 Å². The van der Waals surface area contributed by atoms with Crippen LogP contribution in [0.2, 0.25) is 0 Å². The second-order valence-corrected chi connectivity index (χ2v) is 8.41. The van der Waals surface area contributed by atoms with Gasteiger partial charge >= 0.3 is 6.36 Å². The molecular weight excluding hydrogens is 485 g/mol. The van der Waals surface area contributed by atoms with Gasteiger partial charge in [-0.25, -0.2) is 4.98 Å². The van der Waals surface area contributed by atoms with E-state index in [9.17, 15) is 22.8 Å². The summed E-state index contributed by atoms with van der Waals surface area (Å²) in [4.78, 5) is 30.8. The molecule has 0 spiro atoms. The number of ether oxygens (including phenoxy) is 2. The molecule has 0 aliphatic heterocycles. The number of amides is 2. The van der Waals surface area contributed by atoms with E-state index >= 15 is 0 Å². The van der Waals surface area contributed by atoms with Gasteiger partial charge in [-0.15, -0.1) is 24.5 Å². The Morgan fingerprint density at radius 2 is 1.86 bits per heavy atom. The summed E-state index contributed by atoms with van der Waals surface area (Å²) in [6, 6.07) is 6.74. The minimum atomic E-state index is -4.79. The largest absolute Gasteiger partial charge is 0.573 e. The molecule has 0 atom stereocenters. The minimum absolute atomic E-state index is 0.0905. The highest BCUT2D eigenvalue weighted by atomic mass is 32.1. The minimum Gasteiger partial charge on any atom is -0.484 e. The van der Waals surface area contributed by atoms with E-state index in [1.54, 1.807) is 10.3 Å². The number of unbranched alkanes of at least 4 members (excludes halogenated alkanes) is 3. The maximum atomic E-state index is 12.8.